The maximum Gasteiger partial charge on any atom is 0.0579 e. The SMILES string of the molecule is CCCC1CCC(CC(CCC)CCCC2CCC(OC3CCC(CCCC(CCC)CC4CCC(CCC)CC4)CC3)CC2)CC1. The molecule has 4 rings (SSSR count). The van der Waals surface area contributed by atoms with Crippen LogP contribution < -0.4 is 0 Å². The molecule has 276 valence electrons. The molecule has 4 saturated carbocycles. The zero-order valence-electron chi connectivity index (χ0n) is 32.8. The van der Waals surface area contributed by atoms with Crippen LogP contribution in [0.3, 0.4) is 0 Å². The van der Waals surface area contributed by atoms with Crippen molar-refractivity contribution in [2.75, 3.05) is 0 Å². The largest absolute Gasteiger partial charge is 0.375 e. The molecule has 4 aliphatic carbocycles. The van der Waals surface area contributed by atoms with Gasteiger partial charge in [0, 0.05) is 0 Å². The van der Waals surface area contributed by atoms with Crippen LogP contribution in [0.1, 0.15) is 233 Å². The van der Waals surface area contributed by atoms with Gasteiger partial charge in [-0.25, -0.2) is 0 Å². The molecule has 1 nitrogen and oxygen atoms in total. The van der Waals surface area contributed by atoms with Gasteiger partial charge in [-0.15, -0.1) is 0 Å². The molecule has 2 atom stereocenters. The third kappa shape index (κ3) is 15.4. The van der Waals surface area contributed by atoms with E-state index >= 15 is 0 Å². The fourth-order valence-electron chi connectivity index (χ4n) is 11.6. The normalized spacial score (nSPS) is 33.4. The van der Waals surface area contributed by atoms with Crippen molar-refractivity contribution < 1.29 is 4.74 Å². The zero-order valence-corrected chi connectivity index (χ0v) is 32.8. The topological polar surface area (TPSA) is 9.23 Å². The van der Waals surface area contributed by atoms with Gasteiger partial charge in [0.2, 0.25) is 0 Å². The average molecular weight is 655 g/mol. The van der Waals surface area contributed by atoms with Gasteiger partial charge in [-0.1, -0.05) is 169 Å². The Balaban J connectivity index is 1.02. The van der Waals surface area contributed by atoms with Crippen molar-refractivity contribution in [3.05, 3.63) is 0 Å². The van der Waals surface area contributed by atoms with Crippen molar-refractivity contribution in [3.8, 4) is 0 Å². The van der Waals surface area contributed by atoms with E-state index in [2.05, 4.69) is 27.7 Å². The number of ether oxygens (including phenoxy) is 1. The first-order valence-corrected chi connectivity index (χ1v) is 22.7. The van der Waals surface area contributed by atoms with Crippen LogP contribution in [0.15, 0.2) is 0 Å². The van der Waals surface area contributed by atoms with E-state index in [1.54, 1.807) is 12.8 Å². The predicted octanol–water partition coefficient (Wildman–Crippen LogP) is 15.3. The second kappa shape index (κ2) is 23.4. The molecule has 0 spiro atoms. The molecule has 0 heterocycles. The standard InChI is InChI=1S/C46H86O/c1-5-11-37-19-23-43(24-20-37)35-41(13-7-3)17-9-15-39-27-31-45(32-28-39)47-46-33-29-40(30-34-46)16-10-18-42(14-8-4)36-44-25-21-38(12-6-2)22-26-44/h37-46H,5-36H2,1-4H3. The summed E-state index contributed by atoms with van der Waals surface area (Å²) in [6, 6.07) is 0. The number of rotatable bonds is 22. The predicted molar refractivity (Wildman–Crippen MR) is 207 cm³/mol. The Morgan fingerprint density at radius 1 is 0.362 bits per heavy atom. The van der Waals surface area contributed by atoms with Gasteiger partial charge in [-0.05, 0) is 112 Å². The summed E-state index contributed by atoms with van der Waals surface area (Å²) in [5.74, 6) is 8.23. The maximum atomic E-state index is 6.79. The van der Waals surface area contributed by atoms with E-state index in [1.807, 2.05) is 0 Å². The summed E-state index contributed by atoms with van der Waals surface area (Å²) >= 11 is 0. The Morgan fingerprint density at radius 3 is 1.02 bits per heavy atom. The quantitative estimate of drug-likeness (QED) is 0.113. The minimum absolute atomic E-state index is 0.579. The molecule has 0 bridgehead atoms. The van der Waals surface area contributed by atoms with Crippen LogP contribution in [0.2, 0.25) is 0 Å². The second-order valence-electron chi connectivity index (χ2n) is 18.4. The van der Waals surface area contributed by atoms with Crippen molar-refractivity contribution in [1.29, 1.82) is 0 Å². The van der Waals surface area contributed by atoms with Crippen LogP contribution in [0, 0.1) is 47.3 Å². The summed E-state index contributed by atoms with van der Waals surface area (Å²) in [5.41, 5.74) is 0. The van der Waals surface area contributed by atoms with Crippen molar-refractivity contribution in [2.45, 2.75) is 245 Å². The van der Waals surface area contributed by atoms with Gasteiger partial charge in [-0.2, -0.15) is 0 Å². The van der Waals surface area contributed by atoms with E-state index in [1.165, 1.54) is 193 Å². The van der Waals surface area contributed by atoms with Gasteiger partial charge in [0.1, 0.15) is 0 Å². The summed E-state index contributed by atoms with van der Waals surface area (Å²) in [7, 11) is 0. The average Bonchev–Trinajstić information content (AvgIpc) is 3.08. The van der Waals surface area contributed by atoms with Crippen LogP contribution in [0.5, 0.6) is 0 Å². The minimum atomic E-state index is 0.579. The number of hydrogen-bond donors (Lipinski definition) is 0. The van der Waals surface area contributed by atoms with Crippen LogP contribution >= 0.6 is 0 Å². The molecule has 0 aromatic rings. The summed E-state index contributed by atoms with van der Waals surface area (Å²) in [4.78, 5) is 0. The Kier molecular flexibility index (Phi) is 19.8. The molecule has 0 N–H and O–H groups in total. The smallest absolute Gasteiger partial charge is 0.0579 e. The minimum Gasteiger partial charge on any atom is -0.375 e. The van der Waals surface area contributed by atoms with E-state index in [-0.39, 0.29) is 0 Å². The maximum absolute atomic E-state index is 6.79. The first-order chi connectivity index (χ1) is 23.1. The monoisotopic (exact) mass is 655 g/mol. The molecular weight excluding hydrogens is 569 g/mol. The Labute approximate surface area is 296 Å². The van der Waals surface area contributed by atoms with E-state index in [0.29, 0.717) is 12.2 Å². The lowest BCUT2D eigenvalue weighted by molar-refractivity contribution is -0.0573. The highest BCUT2D eigenvalue weighted by molar-refractivity contribution is 4.80. The summed E-state index contributed by atoms with van der Waals surface area (Å²) in [5, 5.41) is 0. The highest BCUT2D eigenvalue weighted by atomic mass is 16.5. The van der Waals surface area contributed by atoms with Gasteiger partial charge in [0.15, 0.2) is 0 Å². The zero-order chi connectivity index (χ0) is 33.1. The molecule has 1 heteroatoms. The van der Waals surface area contributed by atoms with Gasteiger partial charge < -0.3 is 4.74 Å². The number of hydrogen-bond acceptors (Lipinski definition) is 1. The highest BCUT2D eigenvalue weighted by Crippen LogP contribution is 2.40. The van der Waals surface area contributed by atoms with E-state index < -0.39 is 0 Å². The van der Waals surface area contributed by atoms with Crippen molar-refractivity contribution in [3.63, 3.8) is 0 Å². The van der Waals surface area contributed by atoms with Crippen LogP contribution in [0.4, 0.5) is 0 Å². The third-order valence-electron chi connectivity index (χ3n) is 14.5. The molecule has 0 saturated heterocycles. The van der Waals surface area contributed by atoms with Gasteiger partial charge in [-0.3, -0.25) is 0 Å². The molecular formula is C46H86O. The molecule has 0 aromatic heterocycles. The van der Waals surface area contributed by atoms with Gasteiger partial charge in [0.25, 0.3) is 0 Å². The van der Waals surface area contributed by atoms with Crippen LogP contribution in [-0.4, -0.2) is 12.2 Å². The fraction of sp³-hybridized carbons (Fsp3) is 1.00. The van der Waals surface area contributed by atoms with Crippen LogP contribution in [-0.2, 0) is 4.74 Å². The summed E-state index contributed by atoms with van der Waals surface area (Å²) < 4.78 is 6.79. The molecule has 4 fully saturated rings. The van der Waals surface area contributed by atoms with E-state index in [0.717, 1.165) is 47.3 Å². The molecule has 0 amide bonds. The lowest BCUT2D eigenvalue weighted by Crippen LogP contribution is -2.30. The van der Waals surface area contributed by atoms with E-state index in [9.17, 15) is 0 Å². The van der Waals surface area contributed by atoms with E-state index in [4.69, 9.17) is 4.74 Å². The lowest BCUT2D eigenvalue weighted by Gasteiger charge is -2.35. The second-order valence-corrected chi connectivity index (χ2v) is 18.4. The first-order valence-electron chi connectivity index (χ1n) is 22.7. The Hall–Kier alpha value is -0.0400. The molecule has 4 aliphatic rings. The fourth-order valence-corrected chi connectivity index (χ4v) is 11.6. The van der Waals surface area contributed by atoms with Gasteiger partial charge >= 0.3 is 0 Å². The van der Waals surface area contributed by atoms with Crippen molar-refractivity contribution >= 4 is 0 Å². The third-order valence-corrected chi connectivity index (χ3v) is 14.5. The highest BCUT2D eigenvalue weighted by Gasteiger charge is 2.29. The van der Waals surface area contributed by atoms with Crippen molar-refractivity contribution in [2.24, 2.45) is 47.3 Å². The first kappa shape index (κ1) is 39.7. The summed E-state index contributed by atoms with van der Waals surface area (Å²) in [6.45, 7) is 9.58. The molecule has 0 radical (unpaired) electrons. The van der Waals surface area contributed by atoms with Gasteiger partial charge in [0.05, 0.1) is 12.2 Å². The molecule has 0 aromatic carbocycles. The lowest BCUT2D eigenvalue weighted by atomic mass is 9.75. The van der Waals surface area contributed by atoms with Crippen LogP contribution in [0.25, 0.3) is 0 Å². The Morgan fingerprint density at radius 2 is 0.681 bits per heavy atom. The molecule has 2 unspecified atom stereocenters. The molecule has 0 aliphatic heterocycles. The summed E-state index contributed by atoms with van der Waals surface area (Å²) in [6.07, 6.45) is 48.2. The Bertz CT molecular complexity index is 666. The molecule has 47 heavy (non-hydrogen) atoms. The van der Waals surface area contributed by atoms with Crippen molar-refractivity contribution in [1.82, 2.24) is 0 Å².